The van der Waals surface area contributed by atoms with Crippen LogP contribution in [0.2, 0.25) is 0 Å². The van der Waals surface area contributed by atoms with Crippen molar-refractivity contribution in [1.29, 1.82) is 0 Å². The maximum Gasteiger partial charge on any atom is 0.274 e. The fourth-order valence-corrected chi connectivity index (χ4v) is 4.93. The summed E-state index contributed by atoms with van der Waals surface area (Å²) in [5.74, 6) is 0.773. The first-order valence-electron chi connectivity index (χ1n) is 12.4. The van der Waals surface area contributed by atoms with Crippen LogP contribution in [-0.4, -0.2) is 27.3 Å². The van der Waals surface area contributed by atoms with Crippen LogP contribution in [0, 0.1) is 19.7 Å². The Morgan fingerprint density at radius 3 is 2.37 bits per heavy atom. The van der Waals surface area contributed by atoms with Gasteiger partial charge in [-0.05, 0) is 43.2 Å². The van der Waals surface area contributed by atoms with Crippen molar-refractivity contribution in [2.75, 3.05) is 13.2 Å². The van der Waals surface area contributed by atoms with Crippen molar-refractivity contribution in [1.82, 2.24) is 14.1 Å². The molecule has 0 spiro atoms. The number of fused-ring (bicyclic) bond motifs is 1. The molecule has 0 saturated carbocycles. The second kappa shape index (κ2) is 9.15. The van der Waals surface area contributed by atoms with Gasteiger partial charge in [0.1, 0.15) is 17.1 Å². The smallest absolute Gasteiger partial charge is 0.274 e. The predicted octanol–water partition coefficient (Wildman–Crippen LogP) is 5.48. The molecule has 1 aliphatic rings. The maximum atomic E-state index is 14.6. The van der Waals surface area contributed by atoms with E-state index in [9.17, 15) is 14.0 Å². The summed E-state index contributed by atoms with van der Waals surface area (Å²) in [6.45, 7) is 4.84. The van der Waals surface area contributed by atoms with Gasteiger partial charge in [0.2, 0.25) is 0 Å². The number of hydrogen-bond donors (Lipinski definition) is 1. The lowest BCUT2D eigenvalue weighted by atomic mass is 10.0. The second-order valence-electron chi connectivity index (χ2n) is 9.72. The van der Waals surface area contributed by atoms with Crippen molar-refractivity contribution in [2.24, 2.45) is 7.05 Å². The highest BCUT2D eigenvalue weighted by Gasteiger charge is 2.25. The largest absolute Gasteiger partial charge is 0.455 e. The van der Waals surface area contributed by atoms with Gasteiger partial charge in [0.25, 0.3) is 11.1 Å². The molecule has 0 bridgehead atoms. The van der Waals surface area contributed by atoms with Gasteiger partial charge in [-0.1, -0.05) is 30.3 Å². The lowest BCUT2D eigenvalue weighted by Gasteiger charge is -2.29. The SMILES string of the molecule is Cc1cccc(C)c1Oc1cn(C2COC2)c(=O)cc1-c1cn(C)c(=O)c2[nH]c(-c3ccccc3F)cc12. The van der Waals surface area contributed by atoms with Gasteiger partial charge in [0, 0.05) is 47.1 Å². The summed E-state index contributed by atoms with van der Waals surface area (Å²) < 4.78 is 29.5. The van der Waals surface area contributed by atoms with E-state index in [0.29, 0.717) is 58.0 Å². The number of aromatic nitrogens is 3. The fraction of sp³-hybridized carbons (Fsp3) is 0.200. The van der Waals surface area contributed by atoms with Crippen molar-refractivity contribution in [3.8, 4) is 33.9 Å². The van der Waals surface area contributed by atoms with Crippen LogP contribution in [0.25, 0.3) is 33.3 Å². The molecule has 6 rings (SSSR count). The lowest BCUT2D eigenvalue weighted by molar-refractivity contribution is -0.0249. The third kappa shape index (κ3) is 3.94. The fourth-order valence-electron chi connectivity index (χ4n) is 4.93. The first kappa shape index (κ1) is 23.9. The van der Waals surface area contributed by atoms with E-state index >= 15 is 0 Å². The zero-order valence-electron chi connectivity index (χ0n) is 21.2. The predicted molar refractivity (Wildman–Crippen MR) is 144 cm³/mol. The lowest BCUT2D eigenvalue weighted by Crippen LogP contribution is -2.37. The minimum Gasteiger partial charge on any atom is -0.455 e. The number of aryl methyl sites for hydroxylation is 3. The maximum absolute atomic E-state index is 14.6. The van der Waals surface area contributed by atoms with E-state index in [1.807, 2.05) is 32.0 Å². The summed E-state index contributed by atoms with van der Waals surface area (Å²) in [7, 11) is 1.65. The molecule has 3 aromatic heterocycles. The van der Waals surface area contributed by atoms with Gasteiger partial charge < -0.3 is 23.6 Å². The first-order valence-corrected chi connectivity index (χ1v) is 12.4. The zero-order chi connectivity index (χ0) is 26.6. The van der Waals surface area contributed by atoms with Crippen LogP contribution in [0.5, 0.6) is 11.5 Å². The van der Waals surface area contributed by atoms with E-state index < -0.39 is 5.82 Å². The van der Waals surface area contributed by atoms with Crippen LogP contribution >= 0.6 is 0 Å². The molecule has 192 valence electrons. The summed E-state index contributed by atoms with van der Waals surface area (Å²) in [6, 6.07) is 15.5. The summed E-state index contributed by atoms with van der Waals surface area (Å²) >= 11 is 0. The zero-order valence-corrected chi connectivity index (χ0v) is 21.2. The molecule has 0 amide bonds. The van der Waals surface area contributed by atoms with Crippen molar-refractivity contribution in [3.05, 3.63) is 105 Å². The van der Waals surface area contributed by atoms with Crippen LogP contribution in [-0.2, 0) is 11.8 Å². The van der Waals surface area contributed by atoms with E-state index in [2.05, 4.69) is 4.98 Å². The number of rotatable bonds is 5. The Labute approximate surface area is 217 Å². The van der Waals surface area contributed by atoms with Gasteiger partial charge in [-0.25, -0.2) is 4.39 Å². The average Bonchev–Trinajstić information content (AvgIpc) is 3.30. The van der Waals surface area contributed by atoms with E-state index in [-0.39, 0.29) is 17.2 Å². The molecule has 1 saturated heterocycles. The average molecular weight is 512 g/mol. The molecule has 0 aliphatic carbocycles. The Hall–Kier alpha value is -4.43. The molecule has 8 heteroatoms. The molecular weight excluding hydrogens is 485 g/mol. The molecule has 1 N–H and O–H groups in total. The highest BCUT2D eigenvalue weighted by Crippen LogP contribution is 2.39. The van der Waals surface area contributed by atoms with E-state index in [1.54, 1.807) is 48.3 Å². The van der Waals surface area contributed by atoms with Crippen LogP contribution < -0.4 is 15.9 Å². The molecule has 5 aromatic rings. The topological polar surface area (TPSA) is 78.2 Å². The van der Waals surface area contributed by atoms with Gasteiger partial charge in [0.05, 0.1) is 25.5 Å². The second-order valence-corrected chi connectivity index (χ2v) is 9.72. The van der Waals surface area contributed by atoms with Gasteiger partial charge in [-0.2, -0.15) is 0 Å². The summed E-state index contributed by atoms with van der Waals surface area (Å²) in [5, 5.41) is 0.571. The Kier molecular flexibility index (Phi) is 5.76. The molecule has 0 atom stereocenters. The quantitative estimate of drug-likeness (QED) is 0.339. The molecule has 2 aromatic carbocycles. The summed E-state index contributed by atoms with van der Waals surface area (Å²) in [5.41, 5.74) is 3.74. The minimum atomic E-state index is -0.401. The summed E-state index contributed by atoms with van der Waals surface area (Å²) in [4.78, 5) is 29.5. The number of para-hydroxylation sites is 1. The molecular formula is C30H26FN3O4. The highest BCUT2D eigenvalue weighted by atomic mass is 19.1. The number of H-pyrrole nitrogens is 1. The number of pyridine rings is 2. The van der Waals surface area contributed by atoms with Crippen LogP contribution in [0.4, 0.5) is 4.39 Å². The number of nitrogens with zero attached hydrogens (tertiary/aromatic N) is 2. The van der Waals surface area contributed by atoms with Crippen molar-refractivity contribution in [3.63, 3.8) is 0 Å². The molecule has 7 nitrogen and oxygen atoms in total. The van der Waals surface area contributed by atoms with Gasteiger partial charge in [0.15, 0.2) is 5.75 Å². The van der Waals surface area contributed by atoms with Gasteiger partial charge in [-0.3, -0.25) is 9.59 Å². The number of halogens is 1. The van der Waals surface area contributed by atoms with Crippen molar-refractivity contribution in [2.45, 2.75) is 19.9 Å². The summed E-state index contributed by atoms with van der Waals surface area (Å²) in [6.07, 6.45) is 3.41. The molecule has 0 unspecified atom stereocenters. The Morgan fingerprint density at radius 2 is 1.68 bits per heavy atom. The van der Waals surface area contributed by atoms with Gasteiger partial charge >= 0.3 is 0 Å². The first-order chi connectivity index (χ1) is 18.3. The molecule has 0 radical (unpaired) electrons. The highest BCUT2D eigenvalue weighted by molar-refractivity contribution is 5.98. The number of ether oxygens (including phenoxy) is 2. The third-order valence-electron chi connectivity index (χ3n) is 7.10. The minimum absolute atomic E-state index is 0.0723. The third-order valence-corrected chi connectivity index (χ3v) is 7.10. The van der Waals surface area contributed by atoms with Crippen LogP contribution in [0.15, 0.2) is 76.6 Å². The Balaban J connectivity index is 1.61. The van der Waals surface area contributed by atoms with Gasteiger partial charge in [-0.15, -0.1) is 0 Å². The number of nitrogens with one attached hydrogen (secondary N) is 1. The molecule has 4 heterocycles. The van der Waals surface area contributed by atoms with E-state index in [1.165, 1.54) is 16.7 Å². The van der Waals surface area contributed by atoms with Crippen LogP contribution in [0.3, 0.4) is 0 Å². The number of benzene rings is 2. The number of aromatic amines is 1. The normalized spacial score (nSPS) is 13.6. The Bertz CT molecular complexity index is 1810. The van der Waals surface area contributed by atoms with Crippen molar-refractivity contribution < 1.29 is 13.9 Å². The monoisotopic (exact) mass is 511 g/mol. The van der Waals surface area contributed by atoms with Crippen molar-refractivity contribution >= 4 is 10.9 Å². The molecule has 38 heavy (non-hydrogen) atoms. The standard InChI is InChI=1S/C30H26FN3O4/c1-17-7-6-8-18(2)29(17)38-26-14-34(19-15-37-16-19)27(35)12-21(26)23-13-33(3)30(36)28-22(23)11-25(32-28)20-9-4-5-10-24(20)31/h4-14,19,32H,15-16H2,1-3H3. The Morgan fingerprint density at radius 1 is 0.947 bits per heavy atom. The van der Waals surface area contributed by atoms with Crippen LogP contribution in [0.1, 0.15) is 17.2 Å². The number of hydrogen-bond acceptors (Lipinski definition) is 4. The van der Waals surface area contributed by atoms with E-state index in [4.69, 9.17) is 9.47 Å². The molecule has 1 fully saturated rings. The molecule has 1 aliphatic heterocycles. The van der Waals surface area contributed by atoms with E-state index in [0.717, 1.165) is 11.1 Å².